The van der Waals surface area contributed by atoms with Gasteiger partial charge in [0.05, 0.1) is 0 Å². The molecule has 0 spiro atoms. The fraction of sp³-hybridized carbons (Fsp3) is 0.600. The Hall–Kier alpha value is -1.09. The number of hydrogen-bond donors (Lipinski definition) is 1. The molecule has 1 atom stereocenters. The first-order valence-corrected chi connectivity index (χ1v) is 6.81. The van der Waals surface area contributed by atoms with E-state index in [-0.39, 0.29) is 11.9 Å². The lowest BCUT2D eigenvalue weighted by Gasteiger charge is -2.27. The largest absolute Gasteiger partial charge is 0.372 e. The first kappa shape index (κ1) is 15.0. The van der Waals surface area contributed by atoms with E-state index in [0.29, 0.717) is 5.56 Å². The molecule has 1 aromatic rings. The second kappa shape index (κ2) is 6.74. The molecule has 0 saturated carbocycles. The van der Waals surface area contributed by atoms with Crippen molar-refractivity contribution in [3.63, 3.8) is 0 Å². The predicted molar refractivity (Wildman–Crippen MR) is 76.5 cm³/mol. The number of nitrogens with zero attached hydrogens (tertiary/aromatic N) is 1. The lowest BCUT2D eigenvalue weighted by atomic mass is 10.0. The normalized spacial score (nSPS) is 12.6. The molecule has 0 saturated heterocycles. The second-order valence-corrected chi connectivity index (χ2v) is 4.88. The number of benzene rings is 1. The number of aryl methyl sites for hydroxylation is 1. The molecule has 0 fully saturated rings. The van der Waals surface area contributed by atoms with Crippen LogP contribution < -0.4 is 10.6 Å². The van der Waals surface area contributed by atoms with Gasteiger partial charge in [-0.15, -0.1) is 0 Å². The summed E-state index contributed by atoms with van der Waals surface area (Å²) in [5.74, 6) is -0.169. The summed E-state index contributed by atoms with van der Waals surface area (Å²) in [5.41, 5.74) is 8.63. The van der Waals surface area contributed by atoms with Crippen molar-refractivity contribution in [2.24, 2.45) is 5.73 Å². The number of unbranched alkanes of at least 4 members (excludes halogenated alkanes) is 1. The highest BCUT2D eigenvalue weighted by Crippen LogP contribution is 2.28. The minimum atomic E-state index is -0.169. The van der Waals surface area contributed by atoms with Crippen molar-refractivity contribution in [3.05, 3.63) is 29.1 Å². The van der Waals surface area contributed by atoms with Crippen LogP contribution in [0.15, 0.2) is 12.1 Å². The van der Waals surface area contributed by atoms with E-state index >= 15 is 0 Å². The van der Waals surface area contributed by atoms with Gasteiger partial charge in [-0.3, -0.25) is 0 Å². The maximum absolute atomic E-state index is 13.7. The average molecular weight is 252 g/mol. The van der Waals surface area contributed by atoms with Crippen molar-refractivity contribution in [1.82, 2.24) is 0 Å². The third-order valence-electron chi connectivity index (χ3n) is 3.30. The van der Waals surface area contributed by atoms with Crippen LogP contribution in [0.25, 0.3) is 0 Å². The standard InChI is InChI=1S/C15H25FN2/c1-5-7-8-18(6-2)15-9-11(3)14(16)10-13(15)12(4)17/h9-10,12H,5-8,17H2,1-4H3. The zero-order valence-corrected chi connectivity index (χ0v) is 12.0. The molecule has 0 aliphatic rings. The van der Waals surface area contributed by atoms with Gasteiger partial charge in [-0.25, -0.2) is 4.39 Å². The fourth-order valence-electron chi connectivity index (χ4n) is 2.12. The summed E-state index contributed by atoms with van der Waals surface area (Å²) in [6, 6.07) is 3.36. The van der Waals surface area contributed by atoms with Crippen LogP contribution in [0, 0.1) is 12.7 Å². The molecule has 18 heavy (non-hydrogen) atoms. The lowest BCUT2D eigenvalue weighted by Crippen LogP contribution is -2.26. The molecule has 102 valence electrons. The van der Waals surface area contributed by atoms with Crippen LogP contribution in [0.1, 0.15) is 50.8 Å². The van der Waals surface area contributed by atoms with Gasteiger partial charge in [0, 0.05) is 24.8 Å². The Morgan fingerprint density at radius 2 is 2.00 bits per heavy atom. The molecule has 0 aliphatic carbocycles. The van der Waals surface area contributed by atoms with Crippen LogP contribution in [-0.4, -0.2) is 13.1 Å². The molecular formula is C15H25FN2. The number of nitrogens with two attached hydrogens (primary N) is 1. The second-order valence-electron chi connectivity index (χ2n) is 4.88. The Morgan fingerprint density at radius 3 is 2.50 bits per heavy atom. The minimum absolute atomic E-state index is 0.147. The number of anilines is 1. The zero-order valence-electron chi connectivity index (χ0n) is 12.0. The number of hydrogen-bond acceptors (Lipinski definition) is 2. The van der Waals surface area contributed by atoms with E-state index in [2.05, 4.69) is 18.7 Å². The van der Waals surface area contributed by atoms with Crippen LogP contribution in [0.5, 0.6) is 0 Å². The van der Waals surface area contributed by atoms with Gasteiger partial charge < -0.3 is 10.6 Å². The van der Waals surface area contributed by atoms with Crippen LogP contribution in [0.2, 0.25) is 0 Å². The van der Waals surface area contributed by atoms with Crippen molar-refractivity contribution >= 4 is 5.69 Å². The van der Waals surface area contributed by atoms with Gasteiger partial charge in [0.15, 0.2) is 0 Å². The van der Waals surface area contributed by atoms with Crippen LogP contribution >= 0.6 is 0 Å². The molecule has 0 amide bonds. The van der Waals surface area contributed by atoms with E-state index < -0.39 is 0 Å². The minimum Gasteiger partial charge on any atom is -0.372 e. The van der Waals surface area contributed by atoms with Gasteiger partial charge in [-0.05, 0) is 50.5 Å². The maximum atomic E-state index is 13.7. The molecule has 0 radical (unpaired) electrons. The van der Waals surface area contributed by atoms with Crippen molar-refractivity contribution in [2.45, 2.75) is 46.6 Å². The third-order valence-corrected chi connectivity index (χ3v) is 3.30. The van der Waals surface area contributed by atoms with E-state index in [9.17, 15) is 4.39 Å². The van der Waals surface area contributed by atoms with Crippen LogP contribution in [-0.2, 0) is 0 Å². The molecule has 3 heteroatoms. The average Bonchev–Trinajstić information content (AvgIpc) is 2.33. The van der Waals surface area contributed by atoms with Crippen LogP contribution in [0.3, 0.4) is 0 Å². The molecule has 1 rings (SSSR count). The Morgan fingerprint density at radius 1 is 1.33 bits per heavy atom. The van der Waals surface area contributed by atoms with Gasteiger partial charge in [-0.1, -0.05) is 13.3 Å². The fourth-order valence-corrected chi connectivity index (χ4v) is 2.12. The van der Waals surface area contributed by atoms with Crippen molar-refractivity contribution in [1.29, 1.82) is 0 Å². The van der Waals surface area contributed by atoms with Crippen molar-refractivity contribution in [2.75, 3.05) is 18.0 Å². The summed E-state index contributed by atoms with van der Waals surface area (Å²) in [6.07, 6.45) is 2.30. The molecule has 0 aliphatic heterocycles. The molecule has 2 nitrogen and oxygen atoms in total. The molecule has 2 N–H and O–H groups in total. The number of halogens is 1. The first-order chi connectivity index (χ1) is 8.51. The van der Waals surface area contributed by atoms with Gasteiger partial charge in [0.1, 0.15) is 5.82 Å². The first-order valence-electron chi connectivity index (χ1n) is 6.81. The summed E-state index contributed by atoms with van der Waals surface area (Å²) in [4.78, 5) is 2.29. The monoisotopic (exact) mass is 252 g/mol. The summed E-state index contributed by atoms with van der Waals surface area (Å²) in [7, 11) is 0. The van der Waals surface area contributed by atoms with E-state index in [1.54, 1.807) is 13.0 Å². The third kappa shape index (κ3) is 3.45. The Labute approximate surface area is 110 Å². The molecule has 0 bridgehead atoms. The molecular weight excluding hydrogens is 227 g/mol. The van der Waals surface area contributed by atoms with Gasteiger partial charge in [-0.2, -0.15) is 0 Å². The maximum Gasteiger partial charge on any atom is 0.126 e. The molecule has 0 heterocycles. The Bertz CT molecular complexity index is 388. The summed E-state index contributed by atoms with van der Waals surface area (Å²) in [5, 5.41) is 0. The Kier molecular flexibility index (Phi) is 5.60. The van der Waals surface area contributed by atoms with Gasteiger partial charge >= 0.3 is 0 Å². The quantitative estimate of drug-likeness (QED) is 0.835. The van der Waals surface area contributed by atoms with Crippen molar-refractivity contribution in [3.8, 4) is 0 Å². The van der Waals surface area contributed by atoms with Gasteiger partial charge in [0.2, 0.25) is 0 Å². The zero-order chi connectivity index (χ0) is 13.7. The highest BCUT2D eigenvalue weighted by atomic mass is 19.1. The smallest absolute Gasteiger partial charge is 0.126 e. The van der Waals surface area contributed by atoms with E-state index in [4.69, 9.17) is 5.73 Å². The topological polar surface area (TPSA) is 29.3 Å². The highest BCUT2D eigenvalue weighted by Gasteiger charge is 2.15. The van der Waals surface area contributed by atoms with E-state index in [1.165, 1.54) is 0 Å². The van der Waals surface area contributed by atoms with Gasteiger partial charge in [0.25, 0.3) is 0 Å². The summed E-state index contributed by atoms with van der Waals surface area (Å²) < 4.78 is 13.7. The summed E-state index contributed by atoms with van der Waals surface area (Å²) >= 11 is 0. The molecule has 0 aromatic heterocycles. The SMILES string of the molecule is CCCCN(CC)c1cc(C)c(F)cc1C(C)N. The van der Waals surface area contributed by atoms with Crippen molar-refractivity contribution < 1.29 is 4.39 Å². The predicted octanol–water partition coefficient (Wildman–Crippen LogP) is 3.78. The highest BCUT2D eigenvalue weighted by molar-refractivity contribution is 5.57. The Balaban J connectivity index is 3.14. The van der Waals surface area contributed by atoms with Crippen LogP contribution in [0.4, 0.5) is 10.1 Å². The molecule has 1 aromatic carbocycles. The lowest BCUT2D eigenvalue weighted by molar-refractivity contribution is 0.611. The van der Waals surface area contributed by atoms with E-state index in [1.807, 2.05) is 13.0 Å². The van der Waals surface area contributed by atoms with E-state index in [0.717, 1.165) is 37.2 Å². The molecule has 1 unspecified atom stereocenters. The number of rotatable bonds is 6. The summed E-state index contributed by atoms with van der Waals surface area (Å²) in [6.45, 7) is 9.93.